The Kier molecular flexibility index (Phi) is 4.25. The van der Waals surface area contributed by atoms with Gasteiger partial charge in [-0.3, -0.25) is 0 Å². The maximum atomic E-state index is 6.89. The van der Waals surface area contributed by atoms with Crippen molar-refractivity contribution in [2.24, 2.45) is 5.41 Å². The van der Waals surface area contributed by atoms with E-state index in [9.17, 15) is 0 Å². The van der Waals surface area contributed by atoms with E-state index in [0.717, 1.165) is 22.0 Å². The van der Waals surface area contributed by atoms with Crippen LogP contribution in [-0.2, 0) is 4.52 Å². The quantitative estimate of drug-likeness (QED) is 0.607. The molecule has 0 amide bonds. The van der Waals surface area contributed by atoms with Gasteiger partial charge in [-0.1, -0.05) is 0 Å². The fraction of sp³-hybridized carbons (Fsp3) is 0.217. The average Bonchev–Trinajstić information content (AvgIpc) is 3.05. The summed E-state index contributed by atoms with van der Waals surface area (Å²) in [4.78, 5) is 0. The Balaban J connectivity index is 1.99. The SMILES string of the molecule is CC(C)(C)COP1(c2ccccc2)(c2ccccc2)Nc2ccccc2O1. The van der Waals surface area contributed by atoms with Gasteiger partial charge in [-0.25, -0.2) is 0 Å². The van der Waals surface area contributed by atoms with E-state index in [1.165, 1.54) is 0 Å². The molecule has 0 saturated carbocycles. The van der Waals surface area contributed by atoms with Gasteiger partial charge in [-0.15, -0.1) is 0 Å². The van der Waals surface area contributed by atoms with Crippen LogP contribution in [0.5, 0.6) is 5.75 Å². The Hall–Kier alpha value is -2.35. The van der Waals surface area contributed by atoms with Crippen molar-refractivity contribution in [3.05, 3.63) is 84.9 Å². The molecular formula is C23H26NO2P. The normalized spacial score (nSPS) is 18.4. The van der Waals surface area contributed by atoms with E-state index >= 15 is 0 Å². The molecule has 0 spiro atoms. The predicted octanol–water partition coefficient (Wildman–Crippen LogP) is 5.50. The molecular weight excluding hydrogens is 353 g/mol. The van der Waals surface area contributed by atoms with E-state index in [1.807, 2.05) is 54.6 Å². The second-order valence-electron chi connectivity index (χ2n) is 8.16. The fourth-order valence-electron chi connectivity index (χ4n) is 3.37. The van der Waals surface area contributed by atoms with Gasteiger partial charge in [-0.05, 0) is 0 Å². The van der Waals surface area contributed by atoms with Gasteiger partial charge in [0.1, 0.15) is 0 Å². The first-order valence-electron chi connectivity index (χ1n) is 9.28. The zero-order valence-corrected chi connectivity index (χ0v) is 16.9. The Morgan fingerprint density at radius 2 is 1.30 bits per heavy atom. The molecule has 1 heterocycles. The third kappa shape index (κ3) is 3.01. The van der Waals surface area contributed by atoms with Gasteiger partial charge in [0.15, 0.2) is 0 Å². The van der Waals surface area contributed by atoms with Crippen molar-refractivity contribution in [2.45, 2.75) is 20.8 Å². The molecule has 0 saturated heterocycles. The molecule has 0 bridgehead atoms. The second kappa shape index (κ2) is 6.37. The predicted molar refractivity (Wildman–Crippen MR) is 115 cm³/mol. The van der Waals surface area contributed by atoms with Gasteiger partial charge in [0.25, 0.3) is 0 Å². The average molecular weight is 379 g/mol. The summed E-state index contributed by atoms with van der Waals surface area (Å²) in [7, 11) is -3.61. The van der Waals surface area contributed by atoms with E-state index in [1.54, 1.807) is 0 Å². The number of hydrogen-bond acceptors (Lipinski definition) is 3. The van der Waals surface area contributed by atoms with Crippen LogP contribution in [0.2, 0.25) is 0 Å². The Bertz CT molecular complexity index is 867. The molecule has 0 fully saturated rings. The maximum absolute atomic E-state index is 6.89. The number of fused-ring (bicyclic) bond motifs is 1. The molecule has 1 aliphatic rings. The van der Waals surface area contributed by atoms with E-state index in [0.29, 0.717) is 6.61 Å². The topological polar surface area (TPSA) is 30.5 Å². The van der Waals surface area contributed by atoms with Crippen LogP contribution in [0.3, 0.4) is 0 Å². The molecule has 4 rings (SSSR count). The zero-order chi connectivity index (χ0) is 19.0. The van der Waals surface area contributed by atoms with Gasteiger partial charge < -0.3 is 0 Å². The van der Waals surface area contributed by atoms with Crippen molar-refractivity contribution in [1.29, 1.82) is 0 Å². The summed E-state index contributed by atoms with van der Waals surface area (Å²) >= 11 is 0. The van der Waals surface area contributed by atoms with Crippen molar-refractivity contribution >= 4 is 23.5 Å². The summed E-state index contributed by atoms with van der Waals surface area (Å²) in [6, 6.07) is 28.7. The van der Waals surface area contributed by atoms with Gasteiger partial charge in [0.05, 0.1) is 0 Å². The number of anilines is 1. The molecule has 0 atom stereocenters. The molecule has 0 aromatic heterocycles. The van der Waals surface area contributed by atoms with Crippen LogP contribution in [-0.4, -0.2) is 6.61 Å². The molecule has 0 aliphatic carbocycles. The summed E-state index contributed by atoms with van der Waals surface area (Å²) in [5.41, 5.74) is 0.964. The van der Waals surface area contributed by atoms with Crippen LogP contribution in [0.4, 0.5) is 5.69 Å². The van der Waals surface area contributed by atoms with Crippen LogP contribution < -0.4 is 20.2 Å². The van der Waals surface area contributed by atoms with E-state index in [-0.39, 0.29) is 5.41 Å². The molecule has 27 heavy (non-hydrogen) atoms. The van der Waals surface area contributed by atoms with Gasteiger partial charge >= 0.3 is 161 Å². The molecule has 3 aromatic rings. The van der Waals surface area contributed by atoms with Crippen molar-refractivity contribution < 1.29 is 9.05 Å². The number of rotatable bonds is 4. The van der Waals surface area contributed by atoms with Crippen molar-refractivity contribution in [3.8, 4) is 5.75 Å². The van der Waals surface area contributed by atoms with Crippen LogP contribution in [0.25, 0.3) is 0 Å². The number of hydrogen-bond donors (Lipinski definition) is 1. The molecule has 1 N–H and O–H groups in total. The van der Waals surface area contributed by atoms with E-state index < -0.39 is 7.21 Å². The summed E-state index contributed by atoms with van der Waals surface area (Å²) in [5.74, 6) is 0.830. The van der Waals surface area contributed by atoms with E-state index in [2.05, 4.69) is 56.2 Å². The molecule has 3 nitrogen and oxygen atoms in total. The molecule has 0 radical (unpaired) electrons. The third-order valence-corrected chi connectivity index (χ3v) is 8.96. The van der Waals surface area contributed by atoms with Gasteiger partial charge in [0, 0.05) is 0 Å². The van der Waals surface area contributed by atoms with E-state index in [4.69, 9.17) is 9.05 Å². The van der Waals surface area contributed by atoms with Gasteiger partial charge in [-0.2, -0.15) is 0 Å². The first-order chi connectivity index (χ1) is 12.9. The second-order valence-corrected chi connectivity index (χ2v) is 11.8. The number of benzene rings is 3. The zero-order valence-electron chi connectivity index (χ0n) is 16.1. The molecule has 4 heteroatoms. The molecule has 3 aromatic carbocycles. The van der Waals surface area contributed by atoms with Crippen molar-refractivity contribution in [1.82, 2.24) is 0 Å². The summed E-state index contributed by atoms with van der Waals surface area (Å²) in [6.45, 7) is 7.11. The fourth-order valence-corrected chi connectivity index (χ4v) is 7.82. The van der Waals surface area contributed by atoms with Crippen LogP contribution in [0.1, 0.15) is 20.8 Å². The van der Waals surface area contributed by atoms with Crippen molar-refractivity contribution in [2.75, 3.05) is 11.7 Å². The summed E-state index contributed by atoms with van der Waals surface area (Å²) in [6.07, 6.45) is 0. The Morgan fingerprint density at radius 3 is 1.81 bits per heavy atom. The molecule has 0 unspecified atom stereocenters. The molecule has 1 aliphatic heterocycles. The first kappa shape index (κ1) is 18.0. The standard InChI is InChI=1S/C23H26NO2P/c1-23(2,3)18-25-27(19-12-6-4-7-13-19,20-14-8-5-9-15-20)24-21-16-10-11-17-22(21)26-27/h4-17,24H,18H2,1-3H3. The first-order valence-corrected chi connectivity index (χ1v) is 11.4. The number of nitrogens with one attached hydrogen (secondary N) is 1. The van der Waals surface area contributed by atoms with Gasteiger partial charge in [0.2, 0.25) is 0 Å². The number of para-hydroxylation sites is 2. The van der Waals surface area contributed by atoms with Crippen molar-refractivity contribution in [3.63, 3.8) is 0 Å². The minimum absolute atomic E-state index is 0.00568. The summed E-state index contributed by atoms with van der Waals surface area (Å²) < 4.78 is 13.7. The third-order valence-electron chi connectivity index (χ3n) is 4.68. The van der Waals surface area contributed by atoms with Crippen LogP contribution in [0, 0.1) is 5.41 Å². The minimum atomic E-state index is -3.61. The summed E-state index contributed by atoms with van der Waals surface area (Å²) in [5, 5.41) is 5.83. The Labute approximate surface area is 161 Å². The van der Waals surface area contributed by atoms with Crippen LogP contribution >= 0.6 is 7.21 Å². The van der Waals surface area contributed by atoms with Crippen LogP contribution in [0.15, 0.2) is 84.9 Å². The molecule has 140 valence electrons. The monoisotopic (exact) mass is 379 g/mol. The Morgan fingerprint density at radius 1 is 0.778 bits per heavy atom.